The molecule has 0 spiro atoms. The molecule has 112 valence electrons. The van der Waals surface area contributed by atoms with Crippen LogP contribution in [0.3, 0.4) is 0 Å². The molecule has 0 bridgehead atoms. The Balaban J connectivity index is 2.44. The molecule has 1 fully saturated rings. The molecule has 1 aromatic rings. The number of hydrogen-bond donors (Lipinski definition) is 1. The van der Waals surface area contributed by atoms with Gasteiger partial charge in [-0.2, -0.15) is 13.2 Å². The molecular formula is C15H14F3NO2. The highest BCUT2D eigenvalue weighted by Crippen LogP contribution is 2.40. The first kappa shape index (κ1) is 15.4. The van der Waals surface area contributed by atoms with Crippen molar-refractivity contribution >= 4 is 5.91 Å². The Hall–Kier alpha value is -2.00. The first-order chi connectivity index (χ1) is 9.84. The summed E-state index contributed by atoms with van der Waals surface area (Å²) in [5.74, 6) is 4.17. The summed E-state index contributed by atoms with van der Waals surface area (Å²) in [6, 6.07) is 4.30. The van der Waals surface area contributed by atoms with Crippen molar-refractivity contribution in [2.45, 2.75) is 31.7 Å². The SMILES string of the molecule is CC#CC(=O)N1CC(O)CC1c1ccccc1C(F)(F)F. The zero-order valence-electron chi connectivity index (χ0n) is 11.3. The predicted octanol–water partition coefficient (Wildman–Crippen LogP) is 2.36. The Labute approximate surface area is 120 Å². The maximum Gasteiger partial charge on any atom is 0.416 e. The van der Waals surface area contributed by atoms with Crippen molar-refractivity contribution in [3.63, 3.8) is 0 Å². The van der Waals surface area contributed by atoms with Gasteiger partial charge in [0.1, 0.15) is 0 Å². The highest BCUT2D eigenvalue weighted by atomic mass is 19.4. The smallest absolute Gasteiger partial charge is 0.391 e. The second kappa shape index (κ2) is 5.78. The van der Waals surface area contributed by atoms with Crippen LogP contribution in [0.25, 0.3) is 0 Å². The molecule has 2 atom stereocenters. The third kappa shape index (κ3) is 3.19. The van der Waals surface area contributed by atoms with Gasteiger partial charge in [0.2, 0.25) is 0 Å². The van der Waals surface area contributed by atoms with Gasteiger partial charge < -0.3 is 10.0 Å². The summed E-state index contributed by atoms with van der Waals surface area (Å²) < 4.78 is 39.2. The molecule has 0 saturated carbocycles. The van der Waals surface area contributed by atoms with E-state index in [1.807, 2.05) is 0 Å². The third-order valence-corrected chi connectivity index (χ3v) is 3.40. The van der Waals surface area contributed by atoms with Gasteiger partial charge in [0.15, 0.2) is 0 Å². The Bertz CT molecular complexity index is 601. The van der Waals surface area contributed by atoms with E-state index < -0.39 is 29.8 Å². The van der Waals surface area contributed by atoms with E-state index >= 15 is 0 Å². The Morgan fingerprint density at radius 2 is 2.05 bits per heavy atom. The largest absolute Gasteiger partial charge is 0.416 e. The van der Waals surface area contributed by atoms with Gasteiger partial charge in [-0.25, -0.2) is 0 Å². The molecule has 2 unspecified atom stereocenters. The number of carbonyl (C=O) groups is 1. The van der Waals surface area contributed by atoms with Crippen LogP contribution in [0.5, 0.6) is 0 Å². The van der Waals surface area contributed by atoms with Crippen molar-refractivity contribution in [1.29, 1.82) is 0 Å². The fourth-order valence-electron chi connectivity index (χ4n) is 2.56. The van der Waals surface area contributed by atoms with Crippen LogP contribution < -0.4 is 0 Å². The van der Waals surface area contributed by atoms with E-state index in [1.165, 1.54) is 30.0 Å². The van der Waals surface area contributed by atoms with Gasteiger partial charge in [0, 0.05) is 6.54 Å². The van der Waals surface area contributed by atoms with Crippen molar-refractivity contribution < 1.29 is 23.1 Å². The quantitative estimate of drug-likeness (QED) is 0.808. The number of aliphatic hydroxyl groups is 1. The zero-order valence-corrected chi connectivity index (χ0v) is 11.3. The number of halogens is 3. The third-order valence-electron chi connectivity index (χ3n) is 3.40. The van der Waals surface area contributed by atoms with Gasteiger partial charge in [-0.05, 0) is 30.9 Å². The number of nitrogens with zero attached hydrogens (tertiary/aromatic N) is 1. The van der Waals surface area contributed by atoms with Crippen molar-refractivity contribution in [1.82, 2.24) is 4.90 Å². The summed E-state index contributed by atoms with van der Waals surface area (Å²) in [5.41, 5.74) is -0.792. The highest BCUT2D eigenvalue weighted by Gasteiger charge is 2.41. The number of β-amino-alcohol motifs (C(OH)–C–C–N with tert-alkyl or cyclic N) is 1. The molecule has 6 heteroatoms. The van der Waals surface area contributed by atoms with Crippen molar-refractivity contribution in [2.24, 2.45) is 0 Å². The molecule has 1 aliphatic heterocycles. The molecule has 1 amide bonds. The fraction of sp³-hybridized carbons (Fsp3) is 0.400. The molecule has 1 N–H and O–H groups in total. The lowest BCUT2D eigenvalue weighted by Gasteiger charge is -2.25. The van der Waals surface area contributed by atoms with Crippen LogP contribution in [-0.2, 0) is 11.0 Å². The van der Waals surface area contributed by atoms with Crippen molar-refractivity contribution in [3.8, 4) is 11.8 Å². The van der Waals surface area contributed by atoms with Crippen LogP contribution in [0, 0.1) is 11.8 Å². The first-order valence-corrected chi connectivity index (χ1v) is 6.42. The molecule has 0 radical (unpaired) electrons. The van der Waals surface area contributed by atoms with E-state index in [4.69, 9.17) is 0 Å². The van der Waals surface area contributed by atoms with Crippen molar-refractivity contribution in [2.75, 3.05) is 6.54 Å². The molecular weight excluding hydrogens is 283 g/mol. The number of hydrogen-bond acceptors (Lipinski definition) is 2. The molecule has 21 heavy (non-hydrogen) atoms. The molecule has 1 saturated heterocycles. The van der Waals surface area contributed by atoms with E-state index in [0.717, 1.165) is 6.07 Å². The number of likely N-dealkylation sites (tertiary alicyclic amines) is 1. The molecule has 1 aromatic carbocycles. The molecule has 1 heterocycles. The second-order valence-electron chi connectivity index (χ2n) is 4.82. The maximum absolute atomic E-state index is 13.1. The molecule has 0 aromatic heterocycles. The predicted molar refractivity (Wildman–Crippen MR) is 70.0 cm³/mol. The maximum atomic E-state index is 13.1. The number of rotatable bonds is 1. The van der Waals surface area contributed by atoms with E-state index in [0.29, 0.717) is 0 Å². The van der Waals surface area contributed by atoms with Crippen LogP contribution in [0.2, 0.25) is 0 Å². The van der Waals surface area contributed by atoms with Crippen LogP contribution >= 0.6 is 0 Å². The van der Waals surface area contributed by atoms with Crippen molar-refractivity contribution in [3.05, 3.63) is 35.4 Å². The van der Waals surface area contributed by atoms with Gasteiger partial charge in [-0.15, -0.1) is 0 Å². The standard InChI is InChI=1S/C15H14F3NO2/c1-2-5-14(21)19-9-10(20)8-13(19)11-6-3-4-7-12(11)15(16,17)18/h3-4,6-7,10,13,20H,8-9H2,1H3. The number of benzene rings is 1. The fourth-order valence-corrected chi connectivity index (χ4v) is 2.56. The number of alkyl halides is 3. The Morgan fingerprint density at radius 3 is 2.67 bits per heavy atom. The minimum atomic E-state index is -4.50. The summed E-state index contributed by atoms with van der Waals surface area (Å²) in [5, 5.41) is 9.72. The summed E-state index contributed by atoms with van der Waals surface area (Å²) in [6.07, 6.45) is -5.28. The molecule has 1 aliphatic rings. The van der Waals surface area contributed by atoms with E-state index in [2.05, 4.69) is 11.8 Å². The molecule has 0 aliphatic carbocycles. The number of amides is 1. The first-order valence-electron chi connectivity index (χ1n) is 6.42. The van der Waals surface area contributed by atoms with E-state index in [-0.39, 0.29) is 18.5 Å². The Morgan fingerprint density at radius 1 is 1.38 bits per heavy atom. The van der Waals surface area contributed by atoms with Gasteiger partial charge in [-0.3, -0.25) is 4.79 Å². The lowest BCUT2D eigenvalue weighted by molar-refractivity contribution is -0.139. The average molecular weight is 297 g/mol. The topological polar surface area (TPSA) is 40.5 Å². The molecule has 2 rings (SSSR count). The van der Waals surface area contributed by atoms with Crippen LogP contribution in [-0.4, -0.2) is 28.6 Å². The monoisotopic (exact) mass is 297 g/mol. The van der Waals surface area contributed by atoms with Gasteiger partial charge >= 0.3 is 6.18 Å². The number of aliphatic hydroxyl groups excluding tert-OH is 1. The molecule has 3 nitrogen and oxygen atoms in total. The highest BCUT2D eigenvalue weighted by molar-refractivity contribution is 5.94. The summed E-state index contributed by atoms with van der Waals surface area (Å²) >= 11 is 0. The normalized spacial score (nSPS) is 21.9. The lowest BCUT2D eigenvalue weighted by atomic mass is 9.97. The van der Waals surface area contributed by atoms with Gasteiger partial charge in [0.05, 0.1) is 17.7 Å². The van der Waals surface area contributed by atoms with Gasteiger partial charge in [-0.1, -0.05) is 24.1 Å². The minimum Gasteiger partial charge on any atom is -0.391 e. The van der Waals surface area contributed by atoms with Crippen LogP contribution in [0.1, 0.15) is 30.5 Å². The zero-order chi connectivity index (χ0) is 15.6. The summed E-state index contributed by atoms with van der Waals surface area (Å²) in [6.45, 7) is 1.47. The van der Waals surface area contributed by atoms with Crippen LogP contribution in [0.4, 0.5) is 13.2 Å². The average Bonchev–Trinajstić information content (AvgIpc) is 2.80. The minimum absolute atomic E-state index is 0.00666. The Kier molecular flexibility index (Phi) is 4.24. The van der Waals surface area contributed by atoms with Gasteiger partial charge in [0.25, 0.3) is 5.91 Å². The number of carbonyl (C=O) groups excluding carboxylic acids is 1. The van der Waals surface area contributed by atoms with E-state index in [9.17, 15) is 23.1 Å². The van der Waals surface area contributed by atoms with E-state index in [1.54, 1.807) is 0 Å². The second-order valence-corrected chi connectivity index (χ2v) is 4.82. The summed E-state index contributed by atoms with van der Waals surface area (Å²) in [7, 11) is 0. The van der Waals surface area contributed by atoms with Crippen LogP contribution in [0.15, 0.2) is 24.3 Å². The lowest BCUT2D eigenvalue weighted by Crippen LogP contribution is -2.31. The summed E-state index contributed by atoms with van der Waals surface area (Å²) in [4.78, 5) is 13.1.